The smallest absolute Gasteiger partial charge is 0.00881 e. The van der Waals surface area contributed by atoms with Crippen LogP contribution in [0.5, 0.6) is 0 Å². The van der Waals surface area contributed by atoms with Crippen LogP contribution in [0.25, 0.3) is 16.7 Å². The molecule has 0 aliphatic heterocycles. The van der Waals surface area contributed by atoms with Gasteiger partial charge in [0.15, 0.2) is 0 Å². The fourth-order valence-electron chi connectivity index (χ4n) is 2.58. The van der Waals surface area contributed by atoms with E-state index in [0.717, 1.165) is 6.42 Å². The highest BCUT2D eigenvalue weighted by atomic mass is 14.2. The molecule has 18 heavy (non-hydrogen) atoms. The fourth-order valence-corrected chi connectivity index (χ4v) is 2.58. The number of benzene rings is 2. The summed E-state index contributed by atoms with van der Waals surface area (Å²) in [7, 11) is 0. The van der Waals surface area contributed by atoms with Crippen LogP contribution in [0.15, 0.2) is 66.8 Å². The number of hydrogen-bond donors (Lipinski definition) is 0. The molecule has 1 aliphatic carbocycles. The fraction of sp³-hybridized carbons (Fsp3) is 0.111. The normalized spacial score (nSPS) is 13.7. The maximum atomic E-state index is 2.23. The van der Waals surface area contributed by atoms with E-state index in [1.54, 1.807) is 0 Å². The summed E-state index contributed by atoms with van der Waals surface area (Å²) in [6, 6.07) is 17.2. The third-order valence-corrected chi connectivity index (χ3v) is 3.45. The summed E-state index contributed by atoms with van der Waals surface area (Å²) in [5, 5.41) is 0. The monoisotopic (exact) mass is 232 g/mol. The second-order valence-corrected chi connectivity index (χ2v) is 4.69. The van der Waals surface area contributed by atoms with E-state index in [2.05, 4.69) is 73.7 Å². The Morgan fingerprint density at radius 2 is 1.72 bits per heavy atom. The maximum Gasteiger partial charge on any atom is -0.00881 e. The van der Waals surface area contributed by atoms with Gasteiger partial charge in [-0.3, -0.25) is 0 Å². The van der Waals surface area contributed by atoms with Crippen molar-refractivity contribution in [2.45, 2.75) is 13.3 Å². The van der Waals surface area contributed by atoms with E-state index in [0.29, 0.717) is 0 Å². The van der Waals surface area contributed by atoms with Crippen molar-refractivity contribution in [3.63, 3.8) is 0 Å². The topological polar surface area (TPSA) is 0 Å². The van der Waals surface area contributed by atoms with Crippen molar-refractivity contribution in [1.82, 2.24) is 0 Å². The third-order valence-electron chi connectivity index (χ3n) is 3.45. The lowest BCUT2D eigenvalue weighted by Gasteiger charge is -2.14. The maximum absolute atomic E-state index is 2.23. The first-order valence-corrected chi connectivity index (χ1v) is 6.37. The minimum absolute atomic E-state index is 1.05. The van der Waals surface area contributed by atoms with Crippen LogP contribution in [0.4, 0.5) is 0 Å². The van der Waals surface area contributed by atoms with E-state index in [-0.39, 0.29) is 0 Å². The molecule has 0 bridgehead atoms. The van der Waals surface area contributed by atoms with E-state index in [1.807, 2.05) is 0 Å². The Kier molecular flexibility index (Phi) is 2.85. The van der Waals surface area contributed by atoms with E-state index >= 15 is 0 Å². The Hall–Kier alpha value is -2.08. The molecule has 0 aromatic heterocycles. The Balaban J connectivity index is 2.18. The van der Waals surface area contributed by atoms with Gasteiger partial charge in [0, 0.05) is 0 Å². The van der Waals surface area contributed by atoms with Gasteiger partial charge in [0.25, 0.3) is 0 Å². The Morgan fingerprint density at radius 1 is 0.889 bits per heavy atom. The van der Waals surface area contributed by atoms with Crippen molar-refractivity contribution in [2.24, 2.45) is 0 Å². The Morgan fingerprint density at radius 3 is 2.44 bits per heavy atom. The quantitative estimate of drug-likeness (QED) is 0.683. The van der Waals surface area contributed by atoms with Crippen molar-refractivity contribution in [2.75, 3.05) is 0 Å². The summed E-state index contributed by atoms with van der Waals surface area (Å²) < 4.78 is 0. The lowest BCUT2D eigenvalue weighted by Crippen LogP contribution is -1.92. The van der Waals surface area contributed by atoms with Gasteiger partial charge in [-0.05, 0) is 41.2 Å². The highest BCUT2D eigenvalue weighted by molar-refractivity contribution is 5.85. The van der Waals surface area contributed by atoms with Crippen molar-refractivity contribution in [3.8, 4) is 11.1 Å². The molecular weight excluding hydrogens is 216 g/mol. The summed E-state index contributed by atoms with van der Waals surface area (Å²) >= 11 is 0. The van der Waals surface area contributed by atoms with Crippen LogP contribution in [-0.4, -0.2) is 0 Å². The van der Waals surface area contributed by atoms with Gasteiger partial charge in [-0.2, -0.15) is 0 Å². The molecule has 0 unspecified atom stereocenters. The molecule has 0 N–H and O–H groups in total. The number of aryl methyl sites for hydroxylation is 1. The van der Waals surface area contributed by atoms with Crippen LogP contribution in [0.3, 0.4) is 0 Å². The first-order valence-electron chi connectivity index (χ1n) is 6.37. The molecule has 0 saturated carbocycles. The van der Waals surface area contributed by atoms with E-state index in [1.165, 1.54) is 27.8 Å². The first-order chi connectivity index (χ1) is 8.86. The molecule has 2 aromatic carbocycles. The molecule has 0 heteroatoms. The van der Waals surface area contributed by atoms with Gasteiger partial charge in [-0.1, -0.05) is 66.8 Å². The summed E-state index contributed by atoms with van der Waals surface area (Å²) in [6.45, 7) is 2.20. The molecule has 2 aromatic rings. The highest BCUT2D eigenvalue weighted by Gasteiger charge is 2.12. The van der Waals surface area contributed by atoms with E-state index in [4.69, 9.17) is 0 Å². The number of hydrogen-bond acceptors (Lipinski definition) is 0. The van der Waals surface area contributed by atoms with Crippen LogP contribution in [0.2, 0.25) is 0 Å². The summed E-state index contributed by atoms with van der Waals surface area (Å²) in [5.41, 5.74) is 6.81. The molecule has 0 saturated heterocycles. The Bertz CT molecular complexity index is 616. The number of rotatable bonds is 2. The van der Waals surface area contributed by atoms with Gasteiger partial charge in [0.2, 0.25) is 0 Å². The van der Waals surface area contributed by atoms with E-state index < -0.39 is 0 Å². The molecule has 3 rings (SSSR count). The van der Waals surface area contributed by atoms with E-state index in [9.17, 15) is 0 Å². The zero-order valence-electron chi connectivity index (χ0n) is 10.6. The standard InChI is InChI=1S/C18H16/c1-14-8-7-13-17(15-9-3-2-4-10-15)18(14)16-11-5-6-12-16/h2-11,13H,12H2,1H3. The number of allylic oxidation sites excluding steroid dienone is 4. The van der Waals surface area contributed by atoms with Crippen molar-refractivity contribution >= 4 is 5.57 Å². The molecule has 88 valence electrons. The van der Waals surface area contributed by atoms with Gasteiger partial charge in [-0.15, -0.1) is 0 Å². The molecule has 0 nitrogen and oxygen atoms in total. The zero-order valence-corrected chi connectivity index (χ0v) is 10.6. The first kappa shape index (κ1) is 11.0. The third kappa shape index (κ3) is 1.91. The van der Waals surface area contributed by atoms with Gasteiger partial charge in [0.1, 0.15) is 0 Å². The molecule has 0 fully saturated rings. The van der Waals surface area contributed by atoms with Crippen LogP contribution >= 0.6 is 0 Å². The predicted octanol–water partition coefficient (Wildman–Crippen LogP) is 5.01. The molecule has 0 spiro atoms. The SMILES string of the molecule is Cc1cccc(-c2ccccc2)c1C1=CC=CC1. The predicted molar refractivity (Wildman–Crippen MR) is 78.3 cm³/mol. The second-order valence-electron chi connectivity index (χ2n) is 4.69. The minimum atomic E-state index is 1.05. The van der Waals surface area contributed by atoms with Crippen LogP contribution in [0.1, 0.15) is 17.5 Å². The molecule has 0 atom stereocenters. The summed E-state index contributed by atoms with van der Waals surface area (Å²) in [6.07, 6.45) is 7.65. The van der Waals surface area contributed by atoms with Gasteiger partial charge in [-0.25, -0.2) is 0 Å². The highest BCUT2D eigenvalue weighted by Crippen LogP contribution is 2.34. The van der Waals surface area contributed by atoms with Crippen LogP contribution < -0.4 is 0 Å². The minimum Gasteiger partial charge on any atom is -0.0801 e. The van der Waals surface area contributed by atoms with Crippen molar-refractivity contribution in [3.05, 3.63) is 77.9 Å². The molecular formula is C18H16. The largest absolute Gasteiger partial charge is 0.0801 e. The summed E-state index contributed by atoms with van der Waals surface area (Å²) in [5.74, 6) is 0. The molecule has 0 radical (unpaired) electrons. The van der Waals surface area contributed by atoms with Gasteiger partial charge >= 0.3 is 0 Å². The van der Waals surface area contributed by atoms with Crippen LogP contribution in [-0.2, 0) is 0 Å². The average Bonchev–Trinajstić information content (AvgIpc) is 2.93. The average molecular weight is 232 g/mol. The van der Waals surface area contributed by atoms with Crippen LogP contribution in [0, 0.1) is 6.92 Å². The second kappa shape index (κ2) is 4.66. The van der Waals surface area contributed by atoms with Gasteiger partial charge < -0.3 is 0 Å². The molecule has 1 aliphatic rings. The Labute approximate surface area is 108 Å². The molecule has 0 heterocycles. The lowest BCUT2D eigenvalue weighted by molar-refractivity contribution is 1.36. The van der Waals surface area contributed by atoms with Crippen molar-refractivity contribution in [1.29, 1.82) is 0 Å². The van der Waals surface area contributed by atoms with Gasteiger partial charge in [0.05, 0.1) is 0 Å². The van der Waals surface area contributed by atoms with Crippen molar-refractivity contribution < 1.29 is 0 Å². The summed E-state index contributed by atoms with van der Waals surface area (Å²) in [4.78, 5) is 0. The molecule has 0 amide bonds. The lowest BCUT2D eigenvalue weighted by atomic mass is 9.90. The zero-order chi connectivity index (χ0) is 12.4.